The zero-order valence-electron chi connectivity index (χ0n) is 20.9. The van der Waals surface area contributed by atoms with Crippen LogP contribution >= 0.6 is 0 Å². The van der Waals surface area contributed by atoms with E-state index < -0.39 is 0 Å². The molecular formula is C25H36N6O3. The maximum absolute atomic E-state index is 13.4. The summed E-state index contributed by atoms with van der Waals surface area (Å²) in [4.78, 5) is 26.8. The van der Waals surface area contributed by atoms with E-state index in [4.69, 9.17) is 9.47 Å². The largest absolute Gasteiger partial charge is 0.481 e. The van der Waals surface area contributed by atoms with Crippen molar-refractivity contribution in [3.8, 4) is 17.0 Å². The summed E-state index contributed by atoms with van der Waals surface area (Å²) < 4.78 is 12.5. The Morgan fingerprint density at radius 2 is 1.85 bits per heavy atom. The van der Waals surface area contributed by atoms with Gasteiger partial charge < -0.3 is 20.1 Å². The van der Waals surface area contributed by atoms with E-state index in [-0.39, 0.29) is 11.0 Å². The van der Waals surface area contributed by atoms with E-state index in [1.165, 1.54) is 0 Å². The van der Waals surface area contributed by atoms with Crippen LogP contribution in [0, 0.1) is 5.41 Å². The predicted molar refractivity (Wildman–Crippen MR) is 136 cm³/mol. The standard InChI is InChI=1S/C25H36N6O3/c1-6-11-34-12-10-31-20-13-19(18-8-9-21(33-5)27-14-18)15-28-22(20)30-23(24(31)32)29-17-25(3,4)16-26-7-2/h8-9,13-15,26H,6-7,10-12,16-17H2,1-5H3,(H,28,29,30). The van der Waals surface area contributed by atoms with Gasteiger partial charge in [0.1, 0.15) is 0 Å². The summed E-state index contributed by atoms with van der Waals surface area (Å²) in [5, 5.41) is 6.63. The molecule has 0 unspecified atom stereocenters. The molecule has 0 spiro atoms. The van der Waals surface area contributed by atoms with E-state index in [1.54, 1.807) is 30.1 Å². The molecule has 2 N–H and O–H groups in total. The summed E-state index contributed by atoms with van der Waals surface area (Å²) >= 11 is 0. The third-order valence-corrected chi connectivity index (χ3v) is 5.48. The van der Waals surface area contributed by atoms with Crippen molar-refractivity contribution in [2.24, 2.45) is 5.41 Å². The second-order valence-corrected chi connectivity index (χ2v) is 8.98. The first-order valence-corrected chi connectivity index (χ1v) is 11.8. The van der Waals surface area contributed by atoms with Crippen LogP contribution in [-0.4, -0.2) is 59.5 Å². The monoisotopic (exact) mass is 468 g/mol. The van der Waals surface area contributed by atoms with Gasteiger partial charge in [-0.2, -0.15) is 0 Å². The number of nitrogens with zero attached hydrogens (tertiary/aromatic N) is 4. The SMILES string of the molecule is CCCOCCn1c(=O)c(NCC(C)(C)CNCC)nc2ncc(-c3ccc(OC)nc3)cc21. The number of methoxy groups -OCH3 is 1. The normalized spacial score (nSPS) is 11.7. The van der Waals surface area contributed by atoms with Crippen LogP contribution in [0.1, 0.15) is 34.1 Å². The lowest BCUT2D eigenvalue weighted by Gasteiger charge is -2.25. The van der Waals surface area contributed by atoms with Crippen LogP contribution in [0.15, 0.2) is 35.4 Å². The molecule has 0 aliphatic carbocycles. The Morgan fingerprint density at radius 1 is 1.06 bits per heavy atom. The third kappa shape index (κ3) is 6.51. The van der Waals surface area contributed by atoms with Crippen molar-refractivity contribution in [1.29, 1.82) is 0 Å². The van der Waals surface area contributed by atoms with Gasteiger partial charge in [-0.15, -0.1) is 0 Å². The van der Waals surface area contributed by atoms with Crippen molar-refractivity contribution in [2.45, 2.75) is 40.7 Å². The molecule has 0 aliphatic heterocycles. The molecule has 9 heteroatoms. The topological polar surface area (TPSA) is 103 Å². The van der Waals surface area contributed by atoms with Gasteiger partial charge in [-0.05, 0) is 30.5 Å². The fourth-order valence-corrected chi connectivity index (χ4v) is 3.54. The molecular weight excluding hydrogens is 432 g/mol. The average Bonchev–Trinajstić information content (AvgIpc) is 2.85. The summed E-state index contributed by atoms with van der Waals surface area (Å²) in [6.07, 6.45) is 4.40. The van der Waals surface area contributed by atoms with E-state index in [2.05, 4.69) is 53.3 Å². The zero-order valence-corrected chi connectivity index (χ0v) is 20.9. The van der Waals surface area contributed by atoms with Gasteiger partial charge in [0.2, 0.25) is 5.88 Å². The molecule has 0 radical (unpaired) electrons. The van der Waals surface area contributed by atoms with Gasteiger partial charge in [0, 0.05) is 55.8 Å². The number of hydrogen-bond acceptors (Lipinski definition) is 8. The van der Waals surface area contributed by atoms with Crippen LogP contribution in [0.25, 0.3) is 22.3 Å². The molecule has 0 saturated heterocycles. The third-order valence-electron chi connectivity index (χ3n) is 5.48. The zero-order chi connectivity index (χ0) is 24.6. The Hall–Kier alpha value is -3.04. The lowest BCUT2D eigenvalue weighted by Crippen LogP contribution is -2.37. The number of rotatable bonds is 13. The molecule has 3 aromatic heterocycles. The maximum atomic E-state index is 13.4. The fourth-order valence-electron chi connectivity index (χ4n) is 3.54. The van der Waals surface area contributed by atoms with Gasteiger partial charge in [-0.25, -0.2) is 15.0 Å². The molecule has 0 fully saturated rings. The number of aromatic nitrogens is 4. The van der Waals surface area contributed by atoms with E-state index in [0.717, 1.165) is 30.6 Å². The summed E-state index contributed by atoms with van der Waals surface area (Å²) in [7, 11) is 1.58. The second-order valence-electron chi connectivity index (χ2n) is 8.98. The fraction of sp³-hybridized carbons (Fsp3) is 0.520. The number of anilines is 1. The number of hydrogen-bond donors (Lipinski definition) is 2. The lowest BCUT2D eigenvalue weighted by molar-refractivity contribution is 0.127. The summed E-state index contributed by atoms with van der Waals surface area (Å²) in [5.41, 5.74) is 2.66. The van der Waals surface area contributed by atoms with E-state index >= 15 is 0 Å². The molecule has 184 valence electrons. The first-order valence-electron chi connectivity index (χ1n) is 11.8. The van der Waals surface area contributed by atoms with Crippen LogP contribution in [0.4, 0.5) is 5.82 Å². The molecule has 3 heterocycles. The highest BCUT2D eigenvalue weighted by Gasteiger charge is 2.19. The number of fused-ring (bicyclic) bond motifs is 1. The van der Waals surface area contributed by atoms with Gasteiger partial charge in [-0.3, -0.25) is 9.36 Å². The van der Waals surface area contributed by atoms with Gasteiger partial charge in [0.15, 0.2) is 11.5 Å². The van der Waals surface area contributed by atoms with Gasteiger partial charge >= 0.3 is 0 Å². The second kappa shape index (κ2) is 11.9. The van der Waals surface area contributed by atoms with Crippen molar-refractivity contribution in [1.82, 2.24) is 24.8 Å². The van der Waals surface area contributed by atoms with E-state index in [0.29, 0.717) is 49.2 Å². The van der Waals surface area contributed by atoms with Gasteiger partial charge in [0.05, 0.1) is 19.2 Å². The van der Waals surface area contributed by atoms with Gasteiger partial charge in [-0.1, -0.05) is 27.7 Å². The molecule has 3 aromatic rings. The molecule has 0 saturated carbocycles. The summed E-state index contributed by atoms with van der Waals surface area (Å²) in [6.45, 7) is 12.3. The molecule has 0 aliphatic rings. The van der Waals surface area contributed by atoms with E-state index in [9.17, 15) is 4.79 Å². The maximum Gasteiger partial charge on any atom is 0.293 e. The highest BCUT2D eigenvalue weighted by atomic mass is 16.5. The quantitative estimate of drug-likeness (QED) is 0.368. The first-order chi connectivity index (χ1) is 16.4. The van der Waals surface area contributed by atoms with Crippen molar-refractivity contribution >= 4 is 17.0 Å². The van der Waals surface area contributed by atoms with E-state index in [1.807, 2.05) is 12.1 Å². The number of pyridine rings is 2. The molecule has 3 rings (SSSR count). The Bertz CT molecular complexity index is 1130. The Labute approximate surface area is 200 Å². The highest BCUT2D eigenvalue weighted by Crippen LogP contribution is 2.23. The minimum Gasteiger partial charge on any atom is -0.481 e. The van der Waals surface area contributed by atoms with Gasteiger partial charge in [0.25, 0.3) is 5.56 Å². The molecule has 34 heavy (non-hydrogen) atoms. The average molecular weight is 469 g/mol. The molecule has 9 nitrogen and oxygen atoms in total. The summed E-state index contributed by atoms with van der Waals surface area (Å²) in [6, 6.07) is 5.64. The molecule has 0 amide bonds. The Morgan fingerprint density at radius 3 is 2.53 bits per heavy atom. The smallest absolute Gasteiger partial charge is 0.293 e. The Kier molecular flexibility index (Phi) is 8.95. The first kappa shape index (κ1) is 25.6. The van der Waals surface area contributed by atoms with Crippen LogP contribution < -0.4 is 20.9 Å². The predicted octanol–water partition coefficient (Wildman–Crippen LogP) is 3.34. The Balaban J connectivity index is 1.97. The number of ether oxygens (including phenoxy) is 2. The summed E-state index contributed by atoms with van der Waals surface area (Å²) in [5.74, 6) is 0.843. The molecule has 0 bridgehead atoms. The highest BCUT2D eigenvalue weighted by molar-refractivity contribution is 5.78. The minimum absolute atomic E-state index is 0.0488. The lowest BCUT2D eigenvalue weighted by atomic mass is 9.93. The van der Waals surface area contributed by atoms with Crippen molar-refractivity contribution < 1.29 is 9.47 Å². The van der Waals surface area contributed by atoms with Crippen molar-refractivity contribution in [3.05, 3.63) is 40.9 Å². The molecule has 0 aromatic carbocycles. The van der Waals surface area contributed by atoms with Crippen LogP contribution in [0.2, 0.25) is 0 Å². The number of nitrogens with one attached hydrogen (secondary N) is 2. The van der Waals surface area contributed by atoms with Crippen LogP contribution in [0.3, 0.4) is 0 Å². The van der Waals surface area contributed by atoms with Crippen LogP contribution in [0.5, 0.6) is 5.88 Å². The minimum atomic E-state index is -0.182. The van der Waals surface area contributed by atoms with Crippen molar-refractivity contribution in [2.75, 3.05) is 45.3 Å². The molecule has 0 atom stereocenters. The van der Waals surface area contributed by atoms with Crippen LogP contribution in [-0.2, 0) is 11.3 Å². The van der Waals surface area contributed by atoms with Crippen molar-refractivity contribution in [3.63, 3.8) is 0 Å².